The number of nitrogens with two attached hydrogens (primary N) is 1. The van der Waals surface area contributed by atoms with Crippen LogP contribution in [-0.4, -0.2) is 14.6 Å². The molecule has 0 saturated heterocycles. The summed E-state index contributed by atoms with van der Waals surface area (Å²) in [5, 5.41) is 4.02. The van der Waals surface area contributed by atoms with Crippen LogP contribution in [0.15, 0.2) is 4.79 Å². The zero-order valence-electron chi connectivity index (χ0n) is 7.11. The summed E-state index contributed by atoms with van der Waals surface area (Å²) in [5.41, 5.74) is 1.51. The number of aromatic nitrogens is 3. The summed E-state index contributed by atoms with van der Waals surface area (Å²) in [5.74, 6) is 4.21. The molecular formula is C6H6FN5OS. The molecule has 2 rings (SSSR count). The van der Waals surface area contributed by atoms with Crippen molar-refractivity contribution < 1.29 is 4.39 Å². The van der Waals surface area contributed by atoms with Gasteiger partial charge in [0.1, 0.15) is 0 Å². The maximum Gasteiger partial charge on any atom is 0.311 e. The van der Waals surface area contributed by atoms with Gasteiger partial charge in [-0.3, -0.25) is 10.2 Å². The highest BCUT2D eigenvalue weighted by Gasteiger charge is 2.12. The minimum Gasteiger partial charge on any atom is -0.298 e. The topological polar surface area (TPSA) is 85.3 Å². The molecule has 6 nitrogen and oxygen atoms in total. The van der Waals surface area contributed by atoms with Gasteiger partial charge in [-0.15, -0.1) is 5.10 Å². The molecule has 0 aliphatic carbocycles. The van der Waals surface area contributed by atoms with Crippen LogP contribution >= 0.6 is 11.3 Å². The van der Waals surface area contributed by atoms with Crippen LogP contribution in [0.3, 0.4) is 0 Å². The lowest BCUT2D eigenvalue weighted by atomic mass is 10.4. The van der Waals surface area contributed by atoms with E-state index in [0.29, 0.717) is 10.1 Å². The molecule has 74 valence electrons. The Hall–Kier alpha value is -1.54. The minimum absolute atomic E-state index is 0.0576. The summed E-state index contributed by atoms with van der Waals surface area (Å²) in [6.45, 7) is 1.42. The van der Waals surface area contributed by atoms with Crippen LogP contribution < -0.4 is 16.8 Å². The van der Waals surface area contributed by atoms with Crippen molar-refractivity contribution in [1.29, 1.82) is 0 Å². The number of nitrogen functional groups attached to an aromatic ring is 1. The molecule has 0 aromatic carbocycles. The van der Waals surface area contributed by atoms with E-state index in [4.69, 9.17) is 5.84 Å². The molecular weight excluding hydrogens is 209 g/mol. The summed E-state index contributed by atoms with van der Waals surface area (Å²) in [4.78, 5) is 15.5. The van der Waals surface area contributed by atoms with E-state index in [0.717, 1.165) is 15.9 Å². The van der Waals surface area contributed by atoms with Crippen LogP contribution in [0.2, 0.25) is 0 Å². The normalized spacial score (nSPS) is 10.8. The molecule has 0 atom stereocenters. The lowest BCUT2D eigenvalue weighted by Crippen LogP contribution is -2.20. The van der Waals surface area contributed by atoms with Gasteiger partial charge < -0.3 is 0 Å². The molecule has 14 heavy (non-hydrogen) atoms. The molecule has 0 bridgehead atoms. The van der Waals surface area contributed by atoms with Crippen LogP contribution in [0.4, 0.5) is 9.52 Å². The lowest BCUT2D eigenvalue weighted by molar-refractivity contribution is 0.580. The molecule has 2 heterocycles. The summed E-state index contributed by atoms with van der Waals surface area (Å²) < 4.78 is 14.0. The predicted octanol–water partition coefficient (Wildman–Crippen LogP) is -0.116. The first-order valence-corrected chi connectivity index (χ1v) is 4.47. The standard InChI is InChI=1S/C6H6FN5OS/c1-2-3(7)4(13)12-6(9-2)14-5(10-8)11-12/h8H2,1H3,(H,10,11). The van der Waals surface area contributed by atoms with Crippen LogP contribution in [0.5, 0.6) is 0 Å². The highest BCUT2D eigenvalue weighted by molar-refractivity contribution is 7.20. The Kier molecular flexibility index (Phi) is 1.93. The third-order valence-electron chi connectivity index (χ3n) is 1.64. The van der Waals surface area contributed by atoms with Crippen molar-refractivity contribution in [2.75, 3.05) is 5.43 Å². The van der Waals surface area contributed by atoms with Gasteiger partial charge in [-0.05, 0) is 6.92 Å². The number of nitrogens with zero attached hydrogens (tertiary/aromatic N) is 3. The molecule has 0 radical (unpaired) electrons. The first-order chi connectivity index (χ1) is 6.63. The van der Waals surface area contributed by atoms with Crippen molar-refractivity contribution in [2.24, 2.45) is 5.84 Å². The highest BCUT2D eigenvalue weighted by atomic mass is 32.1. The molecule has 2 aromatic heterocycles. The smallest absolute Gasteiger partial charge is 0.298 e. The fourth-order valence-corrected chi connectivity index (χ4v) is 1.73. The minimum atomic E-state index is -0.892. The van der Waals surface area contributed by atoms with Crippen LogP contribution in [-0.2, 0) is 0 Å². The molecule has 3 N–H and O–H groups in total. The Morgan fingerprint density at radius 2 is 2.36 bits per heavy atom. The summed E-state index contributed by atoms with van der Waals surface area (Å²) in [6.07, 6.45) is 0. The number of halogens is 1. The molecule has 0 aliphatic rings. The second-order valence-electron chi connectivity index (χ2n) is 2.56. The van der Waals surface area contributed by atoms with Gasteiger partial charge in [-0.2, -0.15) is 8.91 Å². The molecule has 0 unspecified atom stereocenters. The number of anilines is 1. The number of nitrogens with one attached hydrogen (secondary N) is 1. The number of rotatable bonds is 1. The fourth-order valence-electron chi connectivity index (χ4n) is 0.985. The largest absolute Gasteiger partial charge is 0.311 e. The Morgan fingerprint density at radius 3 is 3.00 bits per heavy atom. The summed E-state index contributed by atoms with van der Waals surface area (Å²) in [7, 11) is 0. The summed E-state index contributed by atoms with van der Waals surface area (Å²) >= 11 is 1.07. The van der Waals surface area contributed by atoms with Crippen molar-refractivity contribution in [1.82, 2.24) is 14.6 Å². The van der Waals surface area contributed by atoms with Gasteiger partial charge in [-0.1, -0.05) is 11.3 Å². The number of hydrogen-bond donors (Lipinski definition) is 2. The number of hydrogen-bond acceptors (Lipinski definition) is 6. The van der Waals surface area contributed by atoms with E-state index < -0.39 is 11.4 Å². The Balaban J connectivity index is 2.88. The zero-order valence-corrected chi connectivity index (χ0v) is 7.93. The molecule has 0 spiro atoms. The zero-order chi connectivity index (χ0) is 10.3. The van der Waals surface area contributed by atoms with Gasteiger partial charge in [0.15, 0.2) is 0 Å². The van der Waals surface area contributed by atoms with Crippen molar-refractivity contribution >= 4 is 21.4 Å². The third-order valence-corrected chi connectivity index (χ3v) is 2.48. The SMILES string of the molecule is Cc1nc2sc(NN)nn2c(=O)c1F. The van der Waals surface area contributed by atoms with E-state index in [1.165, 1.54) is 6.92 Å². The van der Waals surface area contributed by atoms with E-state index in [-0.39, 0.29) is 5.69 Å². The van der Waals surface area contributed by atoms with Crippen molar-refractivity contribution in [2.45, 2.75) is 6.92 Å². The van der Waals surface area contributed by atoms with E-state index in [2.05, 4.69) is 15.5 Å². The average Bonchev–Trinajstić information content (AvgIpc) is 2.57. The van der Waals surface area contributed by atoms with Gasteiger partial charge >= 0.3 is 5.56 Å². The second-order valence-corrected chi connectivity index (χ2v) is 3.52. The van der Waals surface area contributed by atoms with Crippen molar-refractivity contribution in [3.63, 3.8) is 0 Å². The third kappa shape index (κ3) is 1.16. The predicted molar refractivity (Wildman–Crippen MR) is 49.6 cm³/mol. The van der Waals surface area contributed by atoms with Gasteiger partial charge in [0, 0.05) is 0 Å². The molecule has 8 heteroatoms. The summed E-state index contributed by atoms with van der Waals surface area (Å²) in [6, 6.07) is 0. The van der Waals surface area contributed by atoms with Crippen molar-refractivity contribution in [3.05, 3.63) is 21.9 Å². The van der Waals surface area contributed by atoms with Gasteiger partial charge in [0.25, 0.3) is 0 Å². The first-order valence-electron chi connectivity index (χ1n) is 3.66. The lowest BCUT2D eigenvalue weighted by Gasteiger charge is -1.93. The Morgan fingerprint density at radius 1 is 1.64 bits per heavy atom. The van der Waals surface area contributed by atoms with Crippen molar-refractivity contribution in [3.8, 4) is 0 Å². The van der Waals surface area contributed by atoms with Gasteiger partial charge in [0.2, 0.25) is 15.9 Å². The maximum atomic E-state index is 13.1. The fraction of sp³-hybridized carbons (Fsp3) is 0.167. The number of fused-ring (bicyclic) bond motifs is 1. The first kappa shape index (κ1) is 9.03. The van der Waals surface area contributed by atoms with E-state index in [9.17, 15) is 9.18 Å². The molecule has 0 aliphatic heterocycles. The van der Waals surface area contributed by atoms with Crippen LogP contribution in [0.1, 0.15) is 5.69 Å². The molecule has 2 aromatic rings. The number of aryl methyl sites for hydroxylation is 1. The van der Waals surface area contributed by atoms with E-state index in [1.54, 1.807) is 0 Å². The molecule has 0 fully saturated rings. The average molecular weight is 215 g/mol. The van der Waals surface area contributed by atoms with Gasteiger partial charge in [-0.25, -0.2) is 10.8 Å². The van der Waals surface area contributed by atoms with Crippen LogP contribution in [0.25, 0.3) is 4.96 Å². The molecule has 0 saturated carbocycles. The van der Waals surface area contributed by atoms with E-state index in [1.807, 2.05) is 0 Å². The second kappa shape index (κ2) is 3.00. The van der Waals surface area contributed by atoms with Gasteiger partial charge in [0.05, 0.1) is 5.69 Å². The number of hydrazine groups is 1. The van der Waals surface area contributed by atoms with E-state index >= 15 is 0 Å². The highest BCUT2D eigenvalue weighted by Crippen LogP contribution is 2.15. The Labute approximate surface area is 81.2 Å². The quantitative estimate of drug-likeness (QED) is 0.512. The van der Waals surface area contributed by atoms with Crippen LogP contribution in [0, 0.1) is 12.7 Å². The Bertz CT molecular complexity index is 547. The monoisotopic (exact) mass is 215 g/mol. The molecule has 0 amide bonds. The maximum absolute atomic E-state index is 13.1.